The fourth-order valence-electron chi connectivity index (χ4n) is 7.17. The van der Waals surface area contributed by atoms with Gasteiger partial charge in [-0.15, -0.1) is 0 Å². The number of hydrogen-bond acceptors (Lipinski definition) is 5. The van der Waals surface area contributed by atoms with Gasteiger partial charge in [0.15, 0.2) is 5.82 Å². The third-order valence-corrected chi connectivity index (χ3v) is 9.42. The number of alkyl halides is 2. The number of hydrogen-bond donors (Lipinski definition) is 0. The van der Waals surface area contributed by atoms with Crippen molar-refractivity contribution in [2.24, 2.45) is 13.0 Å². The van der Waals surface area contributed by atoms with Crippen LogP contribution in [0.2, 0.25) is 0 Å². The van der Waals surface area contributed by atoms with Crippen LogP contribution in [0.15, 0.2) is 24.5 Å². The number of halogens is 2. The summed E-state index contributed by atoms with van der Waals surface area (Å²) in [5.41, 5.74) is 4.63. The van der Waals surface area contributed by atoms with Crippen molar-refractivity contribution in [3.8, 4) is 11.1 Å². The minimum absolute atomic E-state index is 0.00124. The Labute approximate surface area is 259 Å². The summed E-state index contributed by atoms with van der Waals surface area (Å²) in [4.78, 5) is 17.1. The second kappa shape index (κ2) is 12.2. The molecule has 8 nitrogen and oxygen atoms in total. The molecule has 6 rings (SSSR count). The zero-order valence-electron chi connectivity index (χ0n) is 26.8. The highest BCUT2D eigenvalue weighted by Gasteiger charge is 2.35. The van der Waals surface area contributed by atoms with Gasteiger partial charge in [0, 0.05) is 60.8 Å². The highest BCUT2D eigenvalue weighted by molar-refractivity contribution is 5.77. The molecule has 1 aromatic carbocycles. The molecule has 0 bridgehead atoms. The van der Waals surface area contributed by atoms with Gasteiger partial charge in [0.1, 0.15) is 5.60 Å². The molecule has 238 valence electrons. The maximum absolute atomic E-state index is 14.6. The number of nitrogens with zero attached hydrogens (tertiary/aromatic N) is 6. The van der Waals surface area contributed by atoms with Crippen LogP contribution >= 0.6 is 0 Å². The van der Waals surface area contributed by atoms with Crippen molar-refractivity contribution in [1.29, 1.82) is 0 Å². The number of aromatic nitrogens is 4. The molecule has 3 aliphatic rings. The lowest BCUT2D eigenvalue weighted by atomic mass is 9.90. The maximum atomic E-state index is 14.6. The molecule has 0 radical (unpaired) electrons. The average Bonchev–Trinajstić information content (AvgIpc) is 3.56. The largest absolute Gasteiger partial charge is 0.444 e. The van der Waals surface area contributed by atoms with E-state index in [1.165, 1.54) is 31.4 Å². The van der Waals surface area contributed by atoms with E-state index in [4.69, 9.17) is 9.84 Å². The lowest BCUT2D eigenvalue weighted by Crippen LogP contribution is -2.40. The first-order valence-electron chi connectivity index (χ1n) is 16.3. The highest BCUT2D eigenvalue weighted by atomic mass is 19.3. The Morgan fingerprint density at radius 3 is 2.57 bits per heavy atom. The van der Waals surface area contributed by atoms with E-state index >= 15 is 0 Å². The molecule has 1 fully saturated rings. The van der Waals surface area contributed by atoms with Gasteiger partial charge < -0.3 is 14.5 Å². The lowest BCUT2D eigenvalue weighted by Gasteiger charge is -2.34. The summed E-state index contributed by atoms with van der Waals surface area (Å²) in [7, 11) is 1.79. The Morgan fingerprint density at radius 2 is 1.84 bits per heavy atom. The average molecular weight is 609 g/mol. The molecule has 0 N–H and O–H groups in total. The van der Waals surface area contributed by atoms with Crippen molar-refractivity contribution in [2.75, 3.05) is 18.0 Å². The van der Waals surface area contributed by atoms with E-state index in [1.807, 2.05) is 26.8 Å². The number of rotatable bonds is 4. The number of aryl methyl sites for hydroxylation is 2. The van der Waals surface area contributed by atoms with E-state index < -0.39 is 12.0 Å². The highest BCUT2D eigenvalue weighted by Crippen LogP contribution is 2.44. The van der Waals surface area contributed by atoms with Gasteiger partial charge in [0.2, 0.25) is 0 Å². The van der Waals surface area contributed by atoms with Gasteiger partial charge in [0.25, 0.3) is 6.43 Å². The molecule has 4 heterocycles. The summed E-state index contributed by atoms with van der Waals surface area (Å²) >= 11 is 0. The Balaban J connectivity index is 1.43. The molecule has 3 aromatic rings. The Bertz CT molecular complexity index is 1510. The summed E-state index contributed by atoms with van der Waals surface area (Å²) in [5.74, 6) is 1.49. The summed E-state index contributed by atoms with van der Waals surface area (Å²) in [5, 5.41) is 9.56. The van der Waals surface area contributed by atoms with Gasteiger partial charge >= 0.3 is 6.09 Å². The minimum atomic E-state index is -2.63. The van der Waals surface area contributed by atoms with E-state index in [0.29, 0.717) is 49.1 Å². The first-order valence-corrected chi connectivity index (χ1v) is 16.3. The van der Waals surface area contributed by atoms with Gasteiger partial charge in [-0.3, -0.25) is 9.36 Å². The number of amides is 1. The van der Waals surface area contributed by atoms with Crippen molar-refractivity contribution < 1.29 is 18.3 Å². The number of anilines is 2. The molecule has 1 aliphatic carbocycles. The van der Waals surface area contributed by atoms with Crippen LogP contribution in [0.5, 0.6) is 0 Å². The molecule has 2 atom stereocenters. The van der Waals surface area contributed by atoms with Gasteiger partial charge in [0.05, 0.1) is 18.8 Å². The van der Waals surface area contributed by atoms with Crippen LogP contribution < -0.4 is 4.90 Å². The number of carbonyl (C=O) groups excluding carboxylic acids is 1. The Morgan fingerprint density at radius 1 is 1.05 bits per heavy atom. The second-order valence-electron chi connectivity index (χ2n) is 14.0. The first kappa shape index (κ1) is 30.6. The van der Waals surface area contributed by atoms with E-state index in [2.05, 4.69) is 21.6 Å². The second-order valence-corrected chi connectivity index (χ2v) is 14.0. The minimum Gasteiger partial charge on any atom is -0.444 e. The van der Waals surface area contributed by atoms with Crippen molar-refractivity contribution >= 4 is 17.6 Å². The summed E-state index contributed by atoms with van der Waals surface area (Å²) < 4.78 is 38.8. The zero-order chi connectivity index (χ0) is 31.2. The SMILES string of the molecule is C[C@H]1CCCCC(n2nc(N3CCCc4cc(-c5cnn(C)c5)c(C(F)F)cc43)c3c2CCN(C(=O)OC(C)(C)C)C3)CC1. The molecular weight excluding hydrogens is 562 g/mol. The standard InChI is InChI=1S/C34H46F2N6O2/c1-22-9-6-7-11-25(13-12-22)42-29-14-16-40(33(43)44-34(2,3)4)21-28(29)32(38-42)41-15-8-10-23-17-26(24-19-37-39(5)20-24)27(31(35)36)18-30(23)41/h17-20,22,25,31H,6-16,21H2,1-5H3/t22-,25?/m0/s1. The smallest absolute Gasteiger partial charge is 0.410 e. The predicted molar refractivity (Wildman–Crippen MR) is 167 cm³/mol. The van der Waals surface area contributed by atoms with Gasteiger partial charge in [-0.25, -0.2) is 13.6 Å². The van der Waals surface area contributed by atoms with E-state index in [1.54, 1.807) is 35.1 Å². The van der Waals surface area contributed by atoms with Gasteiger partial charge in [-0.1, -0.05) is 26.2 Å². The van der Waals surface area contributed by atoms with E-state index in [0.717, 1.165) is 48.3 Å². The molecule has 2 aromatic heterocycles. The quantitative estimate of drug-likeness (QED) is 0.299. The van der Waals surface area contributed by atoms with Crippen molar-refractivity contribution in [1.82, 2.24) is 24.5 Å². The molecule has 0 spiro atoms. The summed E-state index contributed by atoms with van der Waals surface area (Å²) in [6.07, 6.45) is 9.84. The van der Waals surface area contributed by atoms with Crippen molar-refractivity contribution in [2.45, 2.75) is 110 Å². The topological polar surface area (TPSA) is 68.4 Å². The number of benzene rings is 1. The molecule has 2 aliphatic heterocycles. The zero-order valence-corrected chi connectivity index (χ0v) is 26.8. The molecular formula is C34H46F2N6O2. The van der Waals surface area contributed by atoms with Crippen molar-refractivity contribution in [3.05, 3.63) is 46.9 Å². The van der Waals surface area contributed by atoms with Crippen LogP contribution in [-0.4, -0.2) is 49.2 Å². The van der Waals surface area contributed by atoms with Crippen LogP contribution in [0.25, 0.3) is 11.1 Å². The molecule has 0 saturated heterocycles. The predicted octanol–water partition coefficient (Wildman–Crippen LogP) is 8.13. The van der Waals surface area contributed by atoms with Gasteiger partial charge in [-0.2, -0.15) is 10.2 Å². The normalized spacial score (nSPS) is 21.1. The monoisotopic (exact) mass is 608 g/mol. The molecule has 1 unspecified atom stereocenters. The van der Waals surface area contributed by atoms with E-state index in [-0.39, 0.29) is 11.7 Å². The van der Waals surface area contributed by atoms with Crippen LogP contribution in [0.3, 0.4) is 0 Å². The summed E-state index contributed by atoms with van der Waals surface area (Å²) in [6.45, 7) is 9.62. The van der Waals surface area contributed by atoms with Crippen molar-refractivity contribution in [3.63, 3.8) is 0 Å². The fraction of sp³-hybridized carbons (Fsp3) is 0.618. The molecule has 1 amide bonds. The lowest BCUT2D eigenvalue weighted by molar-refractivity contribution is 0.0222. The Hall–Kier alpha value is -3.43. The molecule has 10 heteroatoms. The van der Waals surface area contributed by atoms with E-state index in [9.17, 15) is 13.6 Å². The van der Waals surface area contributed by atoms with Gasteiger partial charge in [-0.05, 0) is 82.1 Å². The van der Waals surface area contributed by atoms with Crippen LogP contribution in [0.4, 0.5) is 25.1 Å². The fourth-order valence-corrected chi connectivity index (χ4v) is 7.17. The molecule has 1 saturated carbocycles. The Kier molecular flexibility index (Phi) is 8.46. The summed E-state index contributed by atoms with van der Waals surface area (Å²) in [6, 6.07) is 3.88. The van der Waals surface area contributed by atoms with Crippen LogP contribution in [0, 0.1) is 5.92 Å². The van der Waals surface area contributed by atoms with Crippen LogP contribution in [-0.2, 0) is 31.2 Å². The first-order chi connectivity index (χ1) is 21.0. The third-order valence-electron chi connectivity index (χ3n) is 9.42. The molecule has 44 heavy (non-hydrogen) atoms. The van der Waals surface area contributed by atoms with Crippen LogP contribution in [0.1, 0.15) is 107 Å². The maximum Gasteiger partial charge on any atom is 0.410 e. The number of fused-ring (bicyclic) bond motifs is 2. The number of ether oxygens (including phenoxy) is 1. The number of carbonyl (C=O) groups is 1. The third kappa shape index (κ3) is 6.22.